The maximum atomic E-state index is 10.6. The van der Waals surface area contributed by atoms with Crippen molar-refractivity contribution in [3.63, 3.8) is 0 Å². The predicted octanol–water partition coefficient (Wildman–Crippen LogP) is 7.43. The summed E-state index contributed by atoms with van der Waals surface area (Å²) in [6.45, 7) is 9.56. The first-order chi connectivity index (χ1) is 12.4. The van der Waals surface area contributed by atoms with Crippen LogP contribution < -0.4 is 4.74 Å². The van der Waals surface area contributed by atoms with E-state index in [1.54, 1.807) is 6.08 Å². The van der Waals surface area contributed by atoms with Crippen LogP contribution in [-0.2, 0) is 6.42 Å². The van der Waals surface area contributed by atoms with Crippen molar-refractivity contribution in [2.24, 2.45) is 0 Å². The fourth-order valence-corrected chi connectivity index (χ4v) is 3.45. The summed E-state index contributed by atoms with van der Waals surface area (Å²) in [5, 5.41) is 10.6. The fourth-order valence-electron chi connectivity index (χ4n) is 3.27. The molecule has 0 amide bonds. The van der Waals surface area contributed by atoms with Gasteiger partial charge >= 0.3 is 0 Å². The van der Waals surface area contributed by atoms with Crippen LogP contribution in [-0.4, -0.2) is 9.62 Å². The Hall–Kier alpha value is -1.32. The second-order valence-corrected chi connectivity index (χ2v) is 7.68. The molecule has 0 radical (unpaired) electrons. The van der Waals surface area contributed by atoms with Gasteiger partial charge in [0.1, 0.15) is 11.5 Å². The van der Waals surface area contributed by atoms with E-state index in [2.05, 4.69) is 26.5 Å². The van der Waals surface area contributed by atoms with Crippen LogP contribution in [0, 0.1) is 0 Å². The van der Waals surface area contributed by atoms with Crippen LogP contribution in [0.25, 0.3) is 0 Å². The number of halogens is 1. The van der Waals surface area contributed by atoms with Gasteiger partial charge in [0.25, 0.3) is 4.51 Å². The van der Waals surface area contributed by atoms with Crippen molar-refractivity contribution in [1.82, 2.24) is 0 Å². The second kappa shape index (κ2) is 12.1. The van der Waals surface area contributed by atoms with E-state index >= 15 is 0 Å². The van der Waals surface area contributed by atoms with Gasteiger partial charge in [-0.3, -0.25) is 0 Å². The monoisotopic (exact) mass is 394 g/mol. The van der Waals surface area contributed by atoms with Crippen molar-refractivity contribution in [3.05, 3.63) is 47.6 Å². The smallest absolute Gasteiger partial charge is 0.260 e. The van der Waals surface area contributed by atoms with E-state index < -0.39 is 0 Å². The number of phenolic OH excluding ortho intramolecular Hbond substituents is 1. The summed E-state index contributed by atoms with van der Waals surface area (Å²) in [6, 6.07) is 3.85. The van der Waals surface area contributed by atoms with E-state index in [-0.39, 0.29) is 16.2 Å². The molecule has 2 rings (SSSR count). The molecule has 0 aliphatic heterocycles. The predicted molar refractivity (Wildman–Crippen MR) is 117 cm³/mol. The van der Waals surface area contributed by atoms with Gasteiger partial charge in [-0.1, -0.05) is 37.5 Å². The summed E-state index contributed by atoms with van der Waals surface area (Å²) in [7, 11) is 0. The molecule has 144 valence electrons. The minimum atomic E-state index is -0.0344. The number of hydrogen-bond donors (Lipinski definition) is 1. The largest absolute Gasteiger partial charge is 0.507 e. The van der Waals surface area contributed by atoms with Crippen molar-refractivity contribution in [3.8, 4) is 11.5 Å². The number of hydrogen-bond acceptors (Lipinski definition) is 3. The molecule has 0 spiro atoms. The first-order valence-corrected chi connectivity index (χ1v) is 10.2. The van der Waals surface area contributed by atoms with Gasteiger partial charge in [0, 0.05) is 11.5 Å². The highest BCUT2D eigenvalue weighted by molar-refractivity contribution is 7.82. The van der Waals surface area contributed by atoms with Crippen LogP contribution in [0.3, 0.4) is 0 Å². The molecule has 1 aromatic rings. The Morgan fingerprint density at radius 1 is 1.42 bits per heavy atom. The zero-order chi connectivity index (χ0) is 19.5. The van der Waals surface area contributed by atoms with Gasteiger partial charge in [0.05, 0.1) is 0 Å². The summed E-state index contributed by atoms with van der Waals surface area (Å²) >= 11 is 10.7. The van der Waals surface area contributed by atoms with Crippen LogP contribution in [0.15, 0.2) is 36.4 Å². The molecule has 0 bridgehead atoms. The zero-order valence-corrected chi connectivity index (χ0v) is 17.8. The number of aryl methyl sites for hydroxylation is 1. The standard InChI is InChI=1S/C19H25ClO2S.C3H6/c1-3-4-5-8-14-11-16(21)18(17(12-14)22-19(20)23)15-9-6-7-13(2)10-15;1-3-2/h10-12,15,21H,3-9H2,1-2H3;3H,1H2,2H3. The van der Waals surface area contributed by atoms with Crippen molar-refractivity contribution in [2.75, 3.05) is 0 Å². The van der Waals surface area contributed by atoms with Gasteiger partial charge in [-0.2, -0.15) is 0 Å². The molecule has 1 unspecified atom stereocenters. The number of ether oxygens (including phenoxy) is 1. The lowest BCUT2D eigenvalue weighted by Crippen LogP contribution is -2.07. The quantitative estimate of drug-likeness (QED) is 0.235. The molecule has 0 saturated carbocycles. The number of thiocarbonyl (C=S) groups is 1. The Labute approximate surface area is 168 Å². The van der Waals surface area contributed by atoms with E-state index in [0.29, 0.717) is 5.75 Å². The molecular formula is C22H31ClO2S. The summed E-state index contributed by atoms with van der Waals surface area (Å²) in [5.41, 5.74) is 3.23. The van der Waals surface area contributed by atoms with E-state index in [0.717, 1.165) is 43.2 Å². The van der Waals surface area contributed by atoms with Crippen LogP contribution in [0.5, 0.6) is 11.5 Å². The van der Waals surface area contributed by atoms with Crippen LogP contribution in [0.1, 0.15) is 76.3 Å². The number of unbranched alkanes of at least 4 members (excludes halogenated alkanes) is 2. The first-order valence-electron chi connectivity index (χ1n) is 9.40. The minimum Gasteiger partial charge on any atom is -0.507 e. The van der Waals surface area contributed by atoms with E-state index in [4.69, 9.17) is 28.6 Å². The molecule has 0 fully saturated rings. The second-order valence-electron chi connectivity index (χ2n) is 6.74. The average molecular weight is 395 g/mol. The Morgan fingerprint density at radius 2 is 2.12 bits per heavy atom. The summed E-state index contributed by atoms with van der Waals surface area (Å²) < 4.78 is 5.53. The van der Waals surface area contributed by atoms with Crippen molar-refractivity contribution in [1.29, 1.82) is 0 Å². The lowest BCUT2D eigenvalue weighted by atomic mass is 9.84. The van der Waals surface area contributed by atoms with E-state index in [9.17, 15) is 5.11 Å². The van der Waals surface area contributed by atoms with Gasteiger partial charge in [-0.15, -0.1) is 6.58 Å². The molecule has 1 atom stereocenters. The lowest BCUT2D eigenvalue weighted by Gasteiger charge is -2.23. The number of aromatic hydroxyl groups is 1. The molecule has 4 heteroatoms. The number of benzene rings is 1. The molecule has 2 nitrogen and oxygen atoms in total. The fraction of sp³-hybridized carbons (Fsp3) is 0.500. The van der Waals surface area contributed by atoms with Crippen molar-refractivity contribution < 1.29 is 9.84 Å². The average Bonchev–Trinajstić information content (AvgIpc) is 2.55. The van der Waals surface area contributed by atoms with Crippen LogP contribution in [0.4, 0.5) is 0 Å². The van der Waals surface area contributed by atoms with Gasteiger partial charge in [-0.25, -0.2) is 0 Å². The van der Waals surface area contributed by atoms with Crippen LogP contribution in [0.2, 0.25) is 0 Å². The van der Waals surface area contributed by atoms with Gasteiger partial charge in [0.2, 0.25) is 0 Å². The third kappa shape index (κ3) is 7.51. The molecule has 0 aromatic heterocycles. The first kappa shape index (κ1) is 22.7. The topological polar surface area (TPSA) is 29.5 Å². The maximum Gasteiger partial charge on any atom is 0.260 e. The van der Waals surface area contributed by atoms with Crippen molar-refractivity contribution in [2.45, 2.75) is 71.6 Å². The van der Waals surface area contributed by atoms with Crippen molar-refractivity contribution >= 4 is 28.3 Å². The van der Waals surface area contributed by atoms with Gasteiger partial charge in [0.15, 0.2) is 0 Å². The highest BCUT2D eigenvalue weighted by Crippen LogP contribution is 2.42. The molecule has 1 aliphatic carbocycles. The normalized spacial score (nSPS) is 16.2. The lowest BCUT2D eigenvalue weighted by molar-refractivity contribution is 0.450. The van der Waals surface area contributed by atoms with E-state index in [1.807, 2.05) is 19.1 Å². The number of rotatable bonds is 6. The molecule has 1 N–H and O–H groups in total. The Morgan fingerprint density at radius 3 is 2.69 bits per heavy atom. The number of allylic oxidation sites excluding steroid dienone is 3. The summed E-state index contributed by atoms with van der Waals surface area (Å²) in [4.78, 5) is 0. The Kier molecular flexibility index (Phi) is 10.6. The molecule has 0 heterocycles. The highest BCUT2D eigenvalue weighted by Gasteiger charge is 2.23. The highest BCUT2D eigenvalue weighted by atomic mass is 35.5. The molecule has 26 heavy (non-hydrogen) atoms. The third-order valence-electron chi connectivity index (χ3n) is 4.38. The number of phenols is 1. The third-order valence-corrected chi connectivity index (χ3v) is 4.54. The van der Waals surface area contributed by atoms with E-state index in [1.165, 1.54) is 18.4 Å². The Balaban J connectivity index is 0.00000105. The summed E-state index contributed by atoms with van der Waals surface area (Å²) in [6.07, 6.45) is 11.6. The maximum absolute atomic E-state index is 10.6. The molecule has 1 aliphatic rings. The minimum absolute atomic E-state index is 0.0344. The summed E-state index contributed by atoms with van der Waals surface area (Å²) in [5.74, 6) is 1.06. The molecular weight excluding hydrogens is 364 g/mol. The molecule has 1 aromatic carbocycles. The van der Waals surface area contributed by atoms with Gasteiger partial charge < -0.3 is 9.84 Å². The Bertz CT molecular complexity index is 637. The zero-order valence-electron chi connectivity index (χ0n) is 16.2. The van der Waals surface area contributed by atoms with Gasteiger partial charge in [-0.05, 0) is 87.5 Å². The van der Waals surface area contributed by atoms with Crippen LogP contribution >= 0.6 is 23.8 Å². The SMILES string of the molecule is C=CC.CCCCCc1cc(O)c(C2C=C(C)CCC2)c(OC(=S)Cl)c1. The molecule has 0 saturated heterocycles.